The molecule has 3 atom stereocenters. The van der Waals surface area contributed by atoms with E-state index in [2.05, 4.69) is 37.5 Å². The van der Waals surface area contributed by atoms with Gasteiger partial charge in [0.25, 0.3) is 11.8 Å². The Balaban J connectivity index is 0.000000127. The molecule has 24 nitrogen and oxygen atoms in total. The van der Waals surface area contributed by atoms with Gasteiger partial charge in [0.2, 0.25) is 16.3 Å². The van der Waals surface area contributed by atoms with E-state index in [1.165, 1.54) is 161 Å². The minimum atomic E-state index is -1.10. The molecule has 0 bridgehead atoms. The number of carbonyl (C=O) groups excluding carboxylic acids is 2. The third kappa shape index (κ3) is 18.4. The molecule has 2 N–H and O–H groups in total. The van der Waals surface area contributed by atoms with E-state index < -0.39 is 87.0 Å². The molecule has 18 aromatic rings. The van der Waals surface area contributed by atoms with E-state index in [1.54, 1.807) is 85.3 Å². The van der Waals surface area contributed by atoms with Crippen LogP contribution >= 0.6 is 22.6 Å². The van der Waals surface area contributed by atoms with Gasteiger partial charge in [-0.05, 0) is 195 Å². The van der Waals surface area contributed by atoms with E-state index in [-0.39, 0.29) is 122 Å². The van der Waals surface area contributed by atoms with Gasteiger partial charge in [0.05, 0.1) is 59.6 Å². The van der Waals surface area contributed by atoms with Crippen molar-refractivity contribution in [2.45, 2.75) is 66.2 Å². The van der Waals surface area contributed by atoms with Gasteiger partial charge < -0.3 is 51.1 Å². The van der Waals surface area contributed by atoms with Gasteiger partial charge >= 0.3 is 0 Å². The first-order valence-electron chi connectivity index (χ1n) is 40.8. The van der Waals surface area contributed by atoms with Crippen LogP contribution in [0.3, 0.4) is 0 Å². The predicted octanol–water partition coefficient (Wildman–Crippen LogP) is 20.2. The maximum Gasteiger partial charge on any atom is 0.262 e. The molecule has 668 valence electrons. The lowest BCUT2D eigenvalue weighted by Crippen LogP contribution is -2.37. The summed E-state index contributed by atoms with van der Waals surface area (Å²) in [7, 11) is 1.54. The topological polar surface area (TPSA) is 324 Å². The summed E-state index contributed by atoms with van der Waals surface area (Å²) in [4.78, 5) is 112. The van der Waals surface area contributed by atoms with Crippen molar-refractivity contribution in [2.24, 2.45) is 0 Å². The van der Waals surface area contributed by atoms with Gasteiger partial charge in [-0.25, -0.2) is 45.4 Å². The fraction of sp³-hybridized carbons (Fsp3) is 0.150. The number of rotatable bonds is 11. The Kier molecular flexibility index (Phi) is 27.0. The Morgan fingerprint density at radius 3 is 1.37 bits per heavy atom. The van der Waals surface area contributed by atoms with E-state index in [9.17, 15) is 79.3 Å². The van der Waals surface area contributed by atoms with Gasteiger partial charge in [0.15, 0.2) is 21.9 Å². The highest BCUT2D eigenvalue weighted by molar-refractivity contribution is 14.1. The lowest BCUT2D eigenvalue weighted by atomic mass is 9.98. The highest BCUT2D eigenvalue weighted by Crippen LogP contribution is 2.40. The van der Waals surface area contributed by atoms with Crippen molar-refractivity contribution in [3.63, 3.8) is 0 Å². The number of aryl methyl sites for hydroxylation is 3. The monoisotopic (exact) mass is 1910 g/mol. The van der Waals surface area contributed by atoms with Crippen LogP contribution in [-0.2, 0) is 11.2 Å². The normalized spacial score (nSPS) is 13.0. The van der Waals surface area contributed by atoms with Crippen LogP contribution in [0.5, 0.6) is 11.5 Å². The van der Waals surface area contributed by atoms with Crippen molar-refractivity contribution in [1.82, 2.24) is 24.6 Å². The first-order chi connectivity index (χ1) is 63.4. The number of ether oxygens (including phenoxy) is 2. The van der Waals surface area contributed by atoms with Crippen LogP contribution in [0.4, 0.5) is 36.6 Å². The summed E-state index contributed by atoms with van der Waals surface area (Å²) in [5, 5.41) is 24.9. The van der Waals surface area contributed by atoms with Crippen LogP contribution in [0.1, 0.15) is 101 Å². The molecule has 1 saturated heterocycles. The Morgan fingerprint density at radius 1 is 0.439 bits per heavy atom. The molecule has 2 amide bonds. The molecule has 20 rings (SSSR count). The van der Waals surface area contributed by atoms with Gasteiger partial charge in [0.1, 0.15) is 181 Å². The smallest absolute Gasteiger partial charge is 0.262 e. The highest BCUT2D eigenvalue weighted by Gasteiger charge is 2.41. The van der Waals surface area contributed by atoms with E-state index in [0.29, 0.717) is 92.8 Å². The second-order valence-corrected chi connectivity index (χ2v) is 31.2. The number of hydrogen-bond acceptors (Lipinski definition) is 22. The second kappa shape index (κ2) is 39.0. The van der Waals surface area contributed by atoms with Crippen LogP contribution in [0.2, 0.25) is 0 Å². The van der Waals surface area contributed by atoms with Crippen LogP contribution in [0, 0.1) is 58.3 Å². The maximum absolute atomic E-state index is 14.7. The van der Waals surface area contributed by atoms with Crippen LogP contribution in [-0.4, -0.2) is 80.1 Å². The number of aromatic nitrogens is 4. The maximum atomic E-state index is 14.7. The third-order valence-corrected chi connectivity index (χ3v) is 22.3. The molecule has 2 aliphatic rings. The zero-order valence-corrected chi connectivity index (χ0v) is 73.0. The molecule has 8 aromatic heterocycles. The van der Waals surface area contributed by atoms with Crippen molar-refractivity contribution in [2.75, 3.05) is 38.3 Å². The Bertz CT molecular complexity index is 7930. The molecule has 3 unspecified atom stereocenters. The summed E-state index contributed by atoms with van der Waals surface area (Å²) < 4.78 is 144. The standard InChI is InChI=1S/C26H20F2IN5O3.C25H15F2NO4.C17H12F2O3.C11H9FO2.C11H10O3.C10H8O3/c1-14(34-26-21(24(29)32-34)25(30-13-31-26)33-9-11-36-12-10-33)23-19(15-5-7-16(27)8-6-15)22(35)20-17(28)3-2-4-18(20)37-23;1-13(28-24(30)16-8-2-3-9-17(16)25(28)31)23-20(14-6-4-7-15(26)12-14)22(29)21-18(27)10-5-11-19(21)32-23;1-9(20)17-14(10-4-2-5-11(18)8-10)16(21)15-12(19)6-3-7-13(15)22-17;1-2-7-6-9(13)11-8(12)4-3-5-10(11)14-7;1-7-6-8(12)11-9(13-2)4-3-5-10(11)14-7;1-6-5-8(12)10-7(11)3-2-4-9(10)13-6/h2-8,13-14H,9-12H2,1H3;2-13H,1H3;2-9,20H,1H3;3-6H,2H2,1H3;3-6H,1-2H3;2-5,11H,1H3. The van der Waals surface area contributed by atoms with E-state index in [4.69, 9.17) is 41.1 Å². The molecule has 132 heavy (non-hydrogen) atoms. The Hall–Kier alpha value is -15.3. The number of methoxy groups -OCH3 is 1. The average molecular weight is 1910 g/mol. The number of phenols is 1. The zero-order valence-electron chi connectivity index (χ0n) is 70.8. The zero-order chi connectivity index (χ0) is 93.8. The quantitative estimate of drug-likeness (QED) is 0.0690. The largest absolute Gasteiger partial charge is 0.507 e. The fourth-order valence-electron chi connectivity index (χ4n) is 15.4. The van der Waals surface area contributed by atoms with E-state index in [0.717, 1.165) is 40.4 Å². The number of phenolic OH excluding ortho intramolecular Hbond substituents is 1. The number of aliphatic hydroxyl groups is 1. The van der Waals surface area contributed by atoms with Crippen molar-refractivity contribution < 1.29 is 86.5 Å². The average Bonchev–Trinajstić information content (AvgIpc) is 1.23. The number of anilines is 1. The Morgan fingerprint density at radius 2 is 0.871 bits per heavy atom. The summed E-state index contributed by atoms with van der Waals surface area (Å²) >= 11 is 2.15. The van der Waals surface area contributed by atoms with Gasteiger partial charge in [-0.3, -0.25) is 43.3 Å². The molecular weight excluding hydrogens is 1830 g/mol. The van der Waals surface area contributed by atoms with Gasteiger partial charge in [-0.15, -0.1) is 0 Å². The second-order valence-electron chi connectivity index (χ2n) is 30.1. The summed E-state index contributed by atoms with van der Waals surface area (Å²) in [6, 6.07) is 51.6. The third-order valence-electron chi connectivity index (χ3n) is 21.5. The molecule has 2 aliphatic heterocycles. The summed E-state index contributed by atoms with van der Waals surface area (Å²) in [6.45, 7) is 12.7. The number of carbonyl (C=O) groups is 2. The van der Waals surface area contributed by atoms with Crippen LogP contribution in [0.25, 0.3) is 110 Å². The van der Waals surface area contributed by atoms with Gasteiger partial charge in [-0.1, -0.05) is 91.9 Å². The first-order valence-corrected chi connectivity index (χ1v) is 41.9. The molecule has 0 spiro atoms. The minimum absolute atomic E-state index is 0.0197. The molecule has 32 heteroatoms. The number of nitrogens with zero attached hydrogens (tertiary/aromatic N) is 6. The van der Waals surface area contributed by atoms with Crippen molar-refractivity contribution in [1.29, 1.82) is 0 Å². The highest BCUT2D eigenvalue weighted by atomic mass is 127. The Labute approximate surface area is 755 Å². The van der Waals surface area contributed by atoms with Gasteiger partial charge in [-0.2, -0.15) is 5.10 Å². The lowest BCUT2D eigenvalue weighted by molar-refractivity contribution is 0.0578. The molecule has 0 radical (unpaired) electrons. The number of imide groups is 1. The summed E-state index contributed by atoms with van der Waals surface area (Å²) in [5.74, 6) is -2.16. The van der Waals surface area contributed by atoms with Crippen molar-refractivity contribution >= 4 is 117 Å². The van der Waals surface area contributed by atoms with E-state index >= 15 is 0 Å². The number of aromatic hydroxyl groups is 1. The number of amides is 2. The number of aliphatic hydroxyl groups excluding tert-OH is 1. The number of benzene rings is 10. The molecule has 1 fully saturated rings. The molecule has 10 aromatic carbocycles. The lowest BCUT2D eigenvalue weighted by Gasteiger charge is -2.28. The minimum Gasteiger partial charge on any atom is -0.507 e. The van der Waals surface area contributed by atoms with Crippen molar-refractivity contribution in [3.05, 3.63) is 382 Å². The predicted molar refractivity (Wildman–Crippen MR) is 489 cm³/mol. The molecule has 0 saturated carbocycles. The SMILES string of the molecule is CC(O)c1oc2cccc(F)c2c(=O)c1-c1cccc(F)c1.CC(c1oc2cccc(F)c2c(=O)c1-c1ccc(F)cc1)n1nc(I)c2c(N3CCOCC3)ncnc21.CC(c1oc2cccc(F)c2c(=O)c1-c1cccc(F)c1)N1C(=O)c2ccccc2C1=O.CCc1cc(=O)c2c(F)cccc2o1.COc1cccc2oc(C)cc(=O)c12.Cc1cc(=O)c2c(O)cccc2o1. The molecular formula is C100H74F7IN6O18. The number of hydrogen-bond donors (Lipinski definition) is 2. The number of fused-ring (bicyclic) bond motifs is 8. The van der Waals surface area contributed by atoms with Gasteiger partial charge in [0, 0.05) is 37.7 Å². The molecule has 0 aliphatic carbocycles. The first kappa shape index (κ1) is 91.5. The molecule has 10 heterocycles. The number of morpholine rings is 1. The summed E-state index contributed by atoms with van der Waals surface area (Å²) in [5.41, 5.74) is 0.794. The van der Waals surface area contributed by atoms with E-state index in [1.807, 2.05) is 13.8 Å². The van der Waals surface area contributed by atoms with Crippen LogP contribution in [0.15, 0.2) is 286 Å². The fourth-order valence-corrected chi connectivity index (χ4v) is 16.1. The van der Waals surface area contributed by atoms with Crippen molar-refractivity contribution in [3.8, 4) is 44.9 Å². The number of halogens is 8. The summed E-state index contributed by atoms with van der Waals surface area (Å²) in [6.07, 6.45) is 1.02. The van der Waals surface area contributed by atoms with Crippen LogP contribution < -0.4 is 42.2 Å².